The average molecular weight is 269 g/mol. The van der Waals surface area contributed by atoms with Gasteiger partial charge in [-0.2, -0.15) is 0 Å². The normalized spacial score (nSPS) is 14.3. The zero-order valence-corrected chi connectivity index (χ0v) is 12.7. The van der Waals surface area contributed by atoms with Crippen LogP contribution in [0, 0.1) is 5.92 Å². The average Bonchev–Trinajstić information content (AvgIpc) is 2.27. The number of anilines is 1. The summed E-state index contributed by atoms with van der Waals surface area (Å²) >= 11 is 6.08. The van der Waals surface area contributed by atoms with Gasteiger partial charge in [0.25, 0.3) is 0 Å². The molecular weight excluding hydrogens is 244 g/mol. The lowest BCUT2D eigenvalue weighted by molar-refractivity contribution is 0.558. The Morgan fingerprint density at radius 3 is 2.56 bits per heavy atom. The molecule has 0 spiro atoms. The SMILES string of the molecule is CCC(C)CN(C)c1ccc(Cl)cc1CC(C)N. The van der Waals surface area contributed by atoms with Crippen LogP contribution in [0.1, 0.15) is 32.8 Å². The Balaban J connectivity index is 2.92. The first-order valence-electron chi connectivity index (χ1n) is 6.69. The topological polar surface area (TPSA) is 29.3 Å². The number of nitrogens with two attached hydrogens (primary N) is 1. The summed E-state index contributed by atoms with van der Waals surface area (Å²) in [6.45, 7) is 7.59. The minimum Gasteiger partial charge on any atom is -0.374 e. The van der Waals surface area contributed by atoms with E-state index in [2.05, 4.69) is 31.9 Å². The third-order valence-electron chi connectivity index (χ3n) is 3.28. The molecule has 0 amide bonds. The molecule has 2 nitrogen and oxygen atoms in total. The minimum absolute atomic E-state index is 0.152. The first-order valence-corrected chi connectivity index (χ1v) is 7.07. The number of hydrogen-bond acceptors (Lipinski definition) is 2. The molecule has 18 heavy (non-hydrogen) atoms. The second-order valence-electron chi connectivity index (χ2n) is 5.35. The molecule has 0 aromatic heterocycles. The lowest BCUT2D eigenvalue weighted by Crippen LogP contribution is -2.26. The molecule has 1 aromatic carbocycles. The first kappa shape index (κ1) is 15.3. The van der Waals surface area contributed by atoms with Crippen LogP contribution in [-0.4, -0.2) is 19.6 Å². The number of rotatable bonds is 6. The van der Waals surface area contributed by atoms with Gasteiger partial charge in [-0.1, -0.05) is 31.9 Å². The maximum absolute atomic E-state index is 6.08. The van der Waals surface area contributed by atoms with Crippen LogP contribution in [0.4, 0.5) is 5.69 Å². The van der Waals surface area contributed by atoms with Gasteiger partial charge in [0.15, 0.2) is 0 Å². The molecular formula is C15H25ClN2. The second-order valence-corrected chi connectivity index (χ2v) is 5.78. The van der Waals surface area contributed by atoms with Crippen LogP contribution in [-0.2, 0) is 6.42 Å². The summed E-state index contributed by atoms with van der Waals surface area (Å²) in [5.74, 6) is 0.689. The van der Waals surface area contributed by atoms with E-state index in [0.29, 0.717) is 5.92 Å². The van der Waals surface area contributed by atoms with Gasteiger partial charge in [-0.25, -0.2) is 0 Å². The fourth-order valence-electron chi connectivity index (χ4n) is 2.13. The third-order valence-corrected chi connectivity index (χ3v) is 3.51. The fourth-order valence-corrected chi connectivity index (χ4v) is 2.33. The van der Waals surface area contributed by atoms with Gasteiger partial charge in [0.05, 0.1) is 0 Å². The van der Waals surface area contributed by atoms with E-state index in [-0.39, 0.29) is 6.04 Å². The molecule has 0 aliphatic carbocycles. The molecule has 0 radical (unpaired) electrons. The van der Waals surface area contributed by atoms with Crippen molar-refractivity contribution in [2.45, 2.75) is 39.7 Å². The van der Waals surface area contributed by atoms with Gasteiger partial charge < -0.3 is 10.6 Å². The summed E-state index contributed by atoms with van der Waals surface area (Å²) < 4.78 is 0. The van der Waals surface area contributed by atoms with Gasteiger partial charge >= 0.3 is 0 Å². The van der Waals surface area contributed by atoms with Crippen LogP contribution in [0.15, 0.2) is 18.2 Å². The van der Waals surface area contributed by atoms with E-state index in [0.717, 1.165) is 18.0 Å². The number of hydrogen-bond donors (Lipinski definition) is 1. The highest BCUT2D eigenvalue weighted by Gasteiger charge is 2.11. The van der Waals surface area contributed by atoms with Crippen LogP contribution >= 0.6 is 11.6 Å². The van der Waals surface area contributed by atoms with Gasteiger partial charge in [-0.15, -0.1) is 0 Å². The molecule has 1 rings (SSSR count). The van der Waals surface area contributed by atoms with Crippen molar-refractivity contribution in [2.75, 3.05) is 18.5 Å². The molecule has 1 aromatic rings. The smallest absolute Gasteiger partial charge is 0.0410 e. The van der Waals surface area contributed by atoms with Crippen molar-refractivity contribution in [1.82, 2.24) is 0 Å². The molecule has 0 aliphatic rings. The summed E-state index contributed by atoms with van der Waals surface area (Å²) in [5.41, 5.74) is 8.40. The summed E-state index contributed by atoms with van der Waals surface area (Å²) in [5, 5.41) is 0.784. The van der Waals surface area contributed by atoms with Gasteiger partial charge in [0.1, 0.15) is 0 Å². The highest BCUT2D eigenvalue weighted by atomic mass is 35.5. The molecule has 0 fully saturated rings. The molecule has 102 valence electrons. The van der Waals surface area contributed by atoms with Crippen molar-refractivity contribution >= 4 is 17.3 Å². The van der Waals surface area contributed by atoms with Crippen molar-refractivity contribution in [3.05, 3.63) is 28.8 Å². The summed E-state index contributed by atoms with van der Waals surface area (Å²) in [6.07, 6.45) is 2.06. The molecule has 2 N–H and O–H groups in total. The zero-order chi connectivity index (χ0) is 13.7. The van der Waals surface area contributed by atoms with E-state index in [4.69, 9.17) is 17.3 Å². The van der Waals surface area contributed by atoms with Crippen LogP contribution in [0.5, 0.6) is 0 Å². The predicted octanol–water partition coefficient (Wildman–Crippen LogP) is 3.71. The Morgan fingerprint density at radius 1 is 1.33 bits per heavy atom. The molecule has 0 bridgehead atoms. The molecule has 2 unspecified atom stereocenters. The van der Waals surface area contributed by atoms with E-state index in [9.17, 15) is 0 Å². The standard InChI is InChI=1S/C15H25ClN2/c1-5-11(2)10-18(4)15-7-6-14(16)9-13(15)8-12(3)17/h6-7,9,11-12H,5,8,10,17H2,1-4H3. The predicted molar refractivity (Wildman–Crippen MR) is 81.5 cm³/mol. The van der Waals surface area contributed by atoms with Crippen molar-refractivity contribution in [3.8, 4) is 0 Å². The monoisotopic (exact) mass is 268 g/mol. The van der Waals surface area contributed by atoms with Gasteiger partial charge in [0, 0.05) is 30.3 Å². The molecule has 0 heterocycles. The van der Waals surface area contributed by atoms with E-state index < -0.39 is 0 Å². The van der Waals surface area contributed by atoms with Crippen molar-refractivity contribution in [2.24, 2.45) is 11.7 Å². The highest BCUT2D eigenvalue weighted by Crippen LogP contribution is 2.25. The summed E-state index contributed by atoms with van der Waals surface area (Å²) in [6, 6.07) is 6.24. The molecule has 3 heteroatoms. The number of nitrogens with zero attached hydrogens (tertiary/aromatic N) is 1. The Morgan fingerprint density at radius 2 is 2.00 bits per heavy atom. The van der Waals surface area contributed by atoms with E-state index in [1.54, 1.807) is 0 Å². The van der Waals surface area contributed by atoms with E-state index in [1.165, 1.54) is 17.7 Å². The molecule has 0 saturated carbocycles. The van der Waals surface area contributed by atoms with Gasteiger partial charge in [0.2, 0.25) is 0 Å². The highest BCUT2D eigenvalue weighted by molar-refractivity contribution is 6.30. The van der Waals surface area contributed by atoms with Crippen LogP contribution in [0.25, 0.3) is 0 Å². The molecule has 0 aliphatic heterocycles. The number of benzene rings is 1. The minimum atomic E-state index is 0.152. The zero-order valence-electron chi connectivity index (χ0n) is 11.9. The fraction of sp³-hybridized carbons (Fsp3) is 0.600. The van der Waals surface area contributed by atoms with Gasteiger partial charge in [-0.05, 0) is 43.0 Å². The van der Waals surface area contributed by atoms with E-state index >= 15 is 0 Å². The van der Waals surface area contributed by atoms with Crippen molar-refractivity contribution in [3.63, 3.8) is 0 Å². The van der Waals surface area contributed by atoms with Crippen LogP contribution in [0.3, 0.4) is 0 Å². The van der Waals surface area contributed by atoms with Gasteiger partial charge in [-0.3, -0.25) is 0 Å². The largest absolute Gasteiger partial charge is 0.374 e. The second kappa shape index (κ2) is 7.01. The summed E-state index contributed by atoms with van der Waals surface area (Å²) in [7, 11) is 2.14. The summed E-state index contributed by atoms with van der Waals surface area (Å²) in [4.78, 5) is 2.31. The molecule has 0 saturated heterocycles. The van der Waals surface area contributed by atoms with Crippen LogP contribution < -0.4 is 10.6 Å². The maximum Gasteiger partial charge on any atom is 0.0410 e. The Hall–Kier alpha value is -0.730. The Labute approximate surface area is 116 Å². The van der Waals surface area contributed by atoms with Crippen molar-refractivity contribution < 1.29 is 0 Å². The van der Waals surface area contributed by atoms with Crippen LogP contribution in [0.2, 0.25) is 5.02 Å². The quantitative estimate of drug-likeness (QED) is 0.852. The Bertz CT molecular complexity index is 377. The first-order chi connectivity index (χ1) is 8.43. The van der Waals surface area contributed by atoms with E-state index in [1.807, 2.05) is 19.1 Å². The number of halogens is 1. The van der Waals surface area contributed by atoms with Crippen molar-refractivity contribution in [1.29, 1.82) is 0 Å². The maximum atomic E-state index is 6.08. The molecule has 2 atom stereocenters. The third kappa shape index (κ3) is 4.51. The lowest BCUT2D eigenvalue weighted by Gasteiger charge is -2.26. The Kier molecular flexibility index (Phi) is 5.97. The lowest BCUT2D eigenvalue weighted by atomic mass is 10.0.